The van der Waals surface area contributed by atoms with Gasteiger partial charge in [-0.25, -0.2) is 0 Å². The summed E-state index contributed by atoms with van der Waals surface area (Å²) in [5.74, 6) is 0. The van der Waals surface area contributed by atoms with Crippen LogP contribution in [0.15, 0.2) is 59.5 Å². The third-order valence-corrected chi connectivity index (χ3v) is 3.87. The van der Waals surface area contributed by atoms with Crippen LogP contribution >= 0.6 is 0 Å². The van der Waals surface area contributed by atoms with Gasteiger partial charge in [0.2, 0.25) is 0 Å². The third kappa shape index (κ3) is 5.26. The molecule has 0 spiro atoms. The Morgan fingerprint density at radius 2 is 1.68 bits per heavy atom. The summed E-state index contributed by atoms with van der Waals surface area (Å²) in [6.45, 7) is -5.34. The van der Waals surface area contributed by atoms with Crippen LogP contribution in [0, 0.1) is 6.92 Å². The van der Waals surface area contributed by atoms with E-state index < -0.39 is 29.6 Å². The molecule has 4 nitrogen and oxygen atoms in total. The quantitative estimate of drug-likeness (QED) is 0.698. The van der Waals surface area contributed by atoms with Crippen LogP contribution in [0.2, 0.25) is 0 Å². The van der Waals surface area contributed by atoms with Crippen molar-refractivity contribution in [1.82, 2.24) is 0 Å². The zero-order chi connectivity index (χ0) is 21.2. The molecule has 0 unspecified atom stereocenters. The first-order valence-corrected chi connectivity index (χ1v) is 7.89. The number of benzene rings is 2. The molecule has 5 heteroatoms. The molecule has 0 saturated carbocycles. The SMILES string of the molecule is [2H]C([2H])(OCc1ccccc1)C([2H])([2H])C([2H])([2H])OS(=O)(=O)c1ccc(C)cc1. The molecule has 118 valence electrons. The molecule has 0 heterocycles. The number of rotatable bonds is 8. The van der Waals surface area contributed by atoms with E-state index in [0.717, 1.165) is 5.56 Å². The summed E-state index contributed by atoms with van der Waals surface area (Å²) in [4.78, 5) is -0.372. The van der Waals surface area contributed by atoms with Crippen molar-refractivity contribution < 1.29 is 25.6 Å². The first-order valence-electron chi connectivity index (χ1n) is 9.49. The van der Waals surface area contributed by atoms with Crippen LogP contribution < -0.4 is 0 Å². The molecule has 0 atom stereocenters. The lowest BCUT2D eigenvalue weighted by molar-refractivity contribution is 0.108. The fraction of sp³-hybridized carbons (Fsp3) is 0.294. The van der Waals surface area contributed by atoms with Gasteiger partial charge in [-0.2, -0.15) is 8.42 Å². The summed E-state index contributed by atoms with van der Waals surface area (Å²) >= 11 is 0. The summed E-state index contributed by atoms with van der Waals surface area (Å²) in [7, 11) is -4.68. The van der Waals surface area contributed by atoms with Crippen molar-refractivity contribution in [3.63, 3.8) is 0 Å². The van der Waals surface area contributed by atoms with E-state index in [1.807, 2.05) is 0 Å². The zero-order valence-electron chi connectivity index (χ0n) is 17.9. The van der Waals surface area contributed by atoms with Crippen molar-refractivity contribution in [1.29, 1.82) is 0 Å². The molecule has 0 saturated heterocycles. The maximum absolute atomic E-state index is 12.3. The van der Waals surface area contributed by atoms with Crippen LogP contribution in [0.5, 0.6) is 0 Å². The second-order valence-corrected chi connectivity index (χ2v) is 6.00. The molecule has 0 aliphatic rings. The molecule has 0 aliphatic carbocycles. The lowest BCUT2D eigenvalue weighted by Crippen LogP contribution is -2.09. The van der Waals surface area contributed by atoms with E-state index in [2.05, 4.69) is 4.18 Å². The van der Waals surface area contributed by atoms with Crippen molar-refractivity contribution in [2.24, 2.45) is 0 Å². The van der Waals surface area contributed by atoms with E-state index in [4.69, 9.17) is 13.0 Å². The average molecular weight is 326 g/mol. The minimum absolute atomic E-state index is 0.339. The molecule has 0 radical (unpaired) electrons. The predicted octanol–water partition coefficient (Wildman–Crippen LogP) is 3.31. The molecule has 0 N–H and O–H groups in total. The van der Waals surface area contributed by atoms with Crippen LogP contribution in [0.4, 0.5) is 0 Å². The monoisotopic (exact) mass is 326 g/mol. The summed E-state index contributed by atoms with van der Waals surface area (Å²) in [6.07, 6.45) is -3.45. The molecule has 0 aliphatic heterocycles. The van der Waals surface area contributed by atoms with Crippen LogP contribution in [-0.4, -0.2) is 21.5 Å². The maximum atomic E-state index is 12.3. The molecular weight excluding hydrogens is 300 g/mol. The number of hydrogen-bond donors (Lipinski definition) is 0. The van der Waals surface area contributed by atoms with E-state index in [9.17, 15) is 8.42 Å². The molecule has 0 aromatic heterocycles. The highest BCUT2D eigenvalue weighted by Crippen LogP contribution is 2.13. The second kappa shape index (κ2) is 8.08. The van der Waals surface area contributed by atoms with E-state index in [1.54, 1.807) is 37.3 Å². The molecule has 22 heavy (non-hydrogen) atoms. The summed E-state index contributed by atoms with van der Waals surface area (Å²) < 4.78 is 81.0. The fourth-order valence-corrected chi connectivity index (χ4v) is 2.30. The number of aryl methyl sites for hydroxylation is 1. The predicted molar refractivity (Wildman–Crippen MR) is 85.0 cm³/mol. The van der Waals surface area contributed by atoms with Gasteiger partial charge >= 0.3 is 0 Å². The number of hydrogen-bond acceptors (Lipinski definition) is 4. The topological polar surface area (TPSA) is 52.6 Å². The smallest absolute Gasteiger partial charge is 0.296 e. The summed E-state index contributed by atoms with van der Waals surface area (Å²) in [5, 5.41) is 0. The minimum Gasteiger partial charge on any atom is -0.377 e. The first kappa shape index (κ1) is 10.2. The van der Waals surface area contributed by atoms with E-state index in [1.165, 1.54) is 24.3 Å². The van der Waals surface area contributed by atoms with Gasteiger partial charge in [-0.05, 0) is 31.0 Å². The van der Waals surface area contributed by atoms with Gasteiger partial charge in [0.05, 0.1) is 23.5 Å². The Kier molecular flexibility index (Phi) is 3.73. The van der Waals surface area contributed by atoms with Crippen LogP contribution in [0.1, 0.15) is 25.7 Å². The second-order valence-electron chi connectivity index (χ2n) is 4.45. The molecular formula is C17H20O4S. The Bertz CT molecular complexity index is 899. The van der Waals surface area contributed by atoms with Gasteiger partial charge in [0.1, 0.15) is 0 Å². The summed E-state index contributed by atoms with van der Waals surface area (Å²) in [5.41, 5.74) is 1.30. The standard InChI is InChI=1S/C17H20O4S/c1-15-8-10-17(11-9-15)22(18,19)21-13-5-12-20-14-16-6-3-2-4-7-16/h2-4,6-11H,5,12-14H2,1H3/i5D2,12D2,13D2. The van der Waals surface area contributed by atoms with Gasteiger partial charge in [-0.1, -0.05) is 48.0 Å². The van der Waals surface area contributed by atoms with Gasteiger partial charge in [0.15, 0.2) is 0 Å². The van der Waals surface area contributed by atoms with Crippen molar-refractivity contribution in [2.45, 2.75) is 24.8 Å². The van der Waals surface area contributed by atoms with Crippen molar-refractivity contribution in [3.05, 3.63) is 65.7 Å². The molecule has 0 bridgehead atoms. The van der Waals surface area contributed by atoms with Crippen molar-refractivity contribution >= 4 is 10.1 Å². The van der Waals surface area contributed by atoms with Crippen LogP contribution in [0.25, 0.3) is 0 Å². The van der Waals surface area contributed by atoms with Gasteiger partial charge in [-0.15, -0.1) is 0 Å². The Labute approximate surface area is 140 Å². The van der Waals surface area contributed by atoms with Gasteiger partial charge in [0.25, 0.3) is 10.1 Å². The molecule has 2 aromatic rings. The van der Waals surface area contributed by atoms with Gasteiger partial charge in [0, 0.05) is 9.30 Å². The van der Waals surface area contributed by atoms with Crippen LogP contribution in [-0.2, 0) is 25.6 Å². The molecule has 2 rings (SSSR count). The highest BCUT2D eigenvalue weighted by atomic mass is 32.2. The van der Waals surface area contributed by atoms with E-state index in [0.29, 0.717) is 5.56 Å². The molecule has 2 aromatic carbocycles. The van der Waals surface area contributed by atoms with Crippen molar-refractivity contribution in [2.75, 3.05) is 13.1 Å². The Morgan fingerprint density at radius 3 is 2.36 bits per heavy atom. The normalized spacial score (nSPS) is 17.5. The highest BCUT2D eigenvalue weighted by Gasteiger charge is 2.14. The Morgan fingerprint density at radius 1 is 1.00 bits per heavy atom. The Balaban J connectivity index is 2.22. The van der Waals surface area contributed by atoms with Gasteiger partial charge in [-0.3, -0.25) is 4.18 Å². The molecule has 0 amide bonds. The lowest BCUT2D eigenvalue weighted by Gasteiger charge is -2.07. The van der Waals surface area contributed by atoms with Gasteiger partial charge < -0.3 is 4.74 Å². The van der Waals surface area contributed by atoms with Crippen molar-refractivity contribution in [3.8, 4) is 0 Å². The largest absolute Gasteiger partial charge is 0.377 e. The van der Waals surface area contributed by atoms with Crippen LogP contribution in [0.3, 0.4) is 0 Å². The summed E-state index contributed by atoms with van der Waals surface area (Å²) in [6, 6.07) is 13.7. The Hall–Kier alpha value is -1.69. The zero-order valence-corrected chi connectivity index (χ0v) is 12.8. The average Bonchev–Trinajstić information content (AvgIpc) is 2.60. The lowest BCUT2D eigenvalue weighted by atomic mass is 10.2. The first-order chi connectivity index (χ1) is 12.8. The number of ether oxygens (including phenoxy) is 1. The highest BCUT2D eigenvalue weighted by molar-refractivity contribution is 7.86. The van der Waals surface area contributed by atoms with E-state index >= 15 is 0 Å². The fourth-order valence-electron chi connectivity index (χ4n) is 1.58. The molecule has 0 fully saturated rings. The maximum Gasteiger partial charge on any atom is 0.296 e. The third-order valence-electron chi connectivity index (χ3n) is 2.72. The van der Waals surface area contributed by atoms with E-state index in [-0.39, 0.29) is 11.5 Å². The minimum atomic E-state index is -4.68.